The van der Waals surface area contributed by atoms with Gasteiger partial charge < -0.3 is 9.52 Å². The molecule has 1 atom stereocenters. The van der Waals surface area contributed by atoms with E-state index in [0.717, 1.165) is 0 Å². The van der Waals surface area contributed by atoms with Crippen molar-refractivity contribution in [3.63, 3.8) is 0 Å². The minimum Gasteiger partial charge on any atom is -0.472 e. The number of aromatic nitrogens is 1. The number of halogens is 1. The second-order valence-corrected chi connectivity index (χ2v) is 3.24. The van der Waals surface area contributed by atoms with Crippen molar-refractivity contribution < 1.29 is 9.52 Å². The zero-order chi connectivity index (χ0) is 9.97. The maximum atomic E-state index is 9.85. The summed E-state index contributed by atoms with van der Waals surface area (Å²) < 4.78 is 4.87. The van der Waals surface area contributed by atoms with Crippen LogP contribution in [0.15, 0.2) is 41.3 Å². The first-order chi connectivity index (χ1) is 6.79. The molecule has 0 amide bonds. The van der Waals surface area contributed by atoms with E-state index in [4.69, 9.17) is 16.0 Å². The number of hydrogen-bond donors (Lipinski definition) is 1. The molecule has 2 rings (SSSR count). The summed E-state index contributed by atoms with van der Waals surface area (Å²) in [5.41, 5.74) is 1.08. The lowest BCUT2D eigenvalue weighted by molar-refractivity contribution is 0.214. The lowest BCUT2D eigenvalue weighted by atomic mass is 10.1. The molecule has 2 aromatic heterocycles. The molecular formula is C10H8ClNO2. The number of aliphatic hydroxyl groups is 1. The molecule has 4 heteroatoms. The Hall–Kier alpha value is -1.32. The Morgan fingerprint density at radius 3 is 2.93 bits per heavy atom. The molecule has 0 saturated carbocycles. The Balaban J connectivity index is 2.37. The maximum Gasteiger partial charge on any atom is 0.126 e. The number of nitrogens with zero attached hydrogens (tertiary/aromatic N) is 1. The van der Waals surface area contributed by atoms with Gasteiger partial charge in [0.1, 0.15) is 6.10 Å². The van der Waals surface area contributed by atoms with Crippen molar-refractivity contribution in [3.8, 4) is 0 Å². The molecule has 0 fully saturated rings. The lowest BCUT2D eigenvalue weighted by Gasteiger charge is -2.08. The van der Waals surface area contributed by atoms with Crippen molar-refractivity contribution in [3.05, 3.63) is 53.2 Å². The zero-order valence-corrected chi connectivity index (χ0v) is 7.98. The van der Waals surface area contributed by atoms with Crippen LogP contribution in [0.2, 0.25) is 5.02 Å². The van der Waals surface area contributed by atoms with Crippen molar-refractivity contribution in [1.82, 2.24) is 4.98 Å². The van der Waals surface area contributed by atoms with E-state index in [-0.39, 0.29) is 0 Å². The van der Waals surface area contributed by atoms with Crippen molar-refractivity contribution in [1.29, 1.82) is 0 Å². The van der Waals surface area contributed by atoms with Crippen LogP contribution in [-0.4, -0.2) is 10.1 Å². The normalized spacial score (nSPS) is 12.7. The van der Waals surface area contributed by atoms with Crippen LogP contribution >= 0.6 is 11.6 Å². The molecule has 3 nitrogen and oxygen atoms in total. The van der Waals surface area contributed by atoms with Crippen molar-refractivity contribution in [2.45, 2.75) is 6.10 Å². The van der Waals surface area contributed by atoms with E-state index in [0.29, 0.717) is 16.3 Å². The molecule has 0 bridgehead atoms. The molecule has 0 aromatic carbocycles. The predicted octanol–water partition coefficient (Wildman–Crippen LogP) is 2.41. The quantitative estimate of drug-likeness (QED) is 0.826. The van der Waals surface area contributed by atoms with Gasteiger partial charge in [0.15, 0.2) is 0 Å². The molecule has 0 radical (unpaired) electrons. The minimum atomic E-state index is -0.831. The van der Waals surface area contributed by atoms with Crippen LogP contribution in [0.1, 0.15) is 17.4 Å². The largest absolute Gasteiger partial charge is 0.472 e. The molecule has 0 saturated heterocycles. The molecular weight excluding hydrogens is 202 g/mol. The van der Waals surface area contributed by atoms with Gasteiger partial charge in [-0.05, 0) is 18.2 Å². The molecule has 2 aromatic rings. The Kier molecular flexibility index (Phi) is 2.52. The molecule has 72 valence electrons. The van der Waals surface area contributed by atoms with E-state index in [2.05, 4.69) is 4.98 Å². The van der Waals surface area contributed by atoms with Crippen molar-refractivity contribution >= 4 is 11.6 Å². The van der Waals surface area contributed by atoms with Gasteiger partial charge in [0, 0.05) is 11.8 Å². The van der Waals surface area contributed by atoms with E-state index in [1.807, 2.05) is 0 Å². The number of hydrogen-bond acceptors (Lipinski definition) is 3. The number of pyridine rings is 1. The maximum absolute atomic E-state index is 9.85. The topological polar surface area (TPSA) is 46.3 Å². The standard InChI is InChI=1S/C10H8ClNO2/c11-8-2-1-4-12-9(8)10(13)7-3-5-14-6-7/h1-6,10,13H. The third-order valence-corrected chi connectivity index (χ3v) is 2.22. The van der Waals surface area contributed by atoms with Gasteiger partial charge in [0.05, 0.1) is 23.2 Å². The molecule has 0 aliphatic heterocycles. The average Bonchev–Trinajstić information content (AvgIpc) is 2.70. The summed E-state index contributed by atoms with van der Waals surface area (Å²) >= 11 is 5.88. The van der Waals surface area contributed by atoms with Gasteiger partial charge in [-0.15, -0.1) is 0 Å². The summed E-state index contributed by atoms with van der Waals surface area (Å²) in [6, 6.07) is 5.08. The van der Waals surface area contributed by atoms with Crippen LogP contribution in [0.4, 0.5) is 0 Å². The van der Waals surface area contributed by atoms with Crippen molar-refractivity contribution in [2.75, 3.05) is 0 Å². The van der Waals surface area contributed by atoms with Gasteiger partial charge in [-0.1, -0.05) is 11.6 Å². The lowest BCUT2D eigenvalue weighted by Crippen LogP contribution is -2.01. The average molecular weight is 210 g/mol. The van der Waals surface area contributed by atoms with Crippen LogP contribution in [0.3, 0.4) is 0 Å². The second kappa shape index (κ2) is 3.82. The minimum absolute atomic E-state index is 0.440. The van der Waals surface area contributed by atoms with Gasteiger partial charge in [0.2, 0.25) is 0 Å². The smallest absolute Gasteiger partial charge is 0.126 e. The summed E-state index contributed by atoms with van der Waals surface area (Å²) in [5, 5.41) is 10.3. The highest BCUT2D eigenvalue weighted by Crippen LogP contribution is 2.25. The number of aliphatic hydroxyl groups excluding tert-OH is 1. The summed E-state index contributed by atoms with van der Waals surface area (Å²) in [6.45, 7) is 0. The number of rotatable bonds is 2. The molecule has 0 aliphatic carbocycles. The predicted molar refractivity (Wildman–Crippen MR) is 52.0 cm³/mol. The highest BCUT2D eigenvalue weighted by Gasteiger charge is 2.15. The van der Waals surface area contributed by atoms with E-state index >= 15 is 0 Å². The Labute approximate surface area is 86.0 Å². The Bertz CT molecular complexity index is 414. The first-order valence-electron chi connectivity index (χ1n) is 4.09. The summed E-state index contributed by atoms with van der Waals surface area (Å²) in [5.74, 6) is 0. The highest BCUT2D eigenvalue weighted by atomic mass is 35.5. The van der Waals surface area contributed by atoms with E-state index in [1.165, 1.54) is 12.5 Å². The van der Waals surface area contributed by atoms with E-state index < -0.39 is 6.10 Å². The molecule has 1 N–H and O–H groups in total. The van der Waals surface area contributed by atoms with Gasteiger partial charge in [-0.2, -0.15) is 0 Å². The Morgan fingerprint density at radius 1 is 1.43 bits per heavy atom. The van der Waals surface area contributed by atoms with Gasteiger partial charge in [-0.25, -0.2) is 0 Å². The summed E-state index contributed by atoms with van der Waals surface area (Å²) in [7, 11) is 0. The fraction of sp³-hybridized carbons (Fsp3) is 0.100. The van der Waals surface area contributed by atoms with Crippen LogP contribution < -0.4 is 0 Å². The molecule has 14 heavy (non-hydrogen) atoms. The third kappa shape index (κ3) is 1.64. The first-order valence-corrected chi connectivity index (χ1v) is 4.47. The van der Waals surface area contributed by atoms with Crippen LogP contribution in [-0.2, 0) is 0 Å². The van der Waals surface area contributed by atoms with Gasteiger partial charge in [-0.3, -0.25) is 4.98 Å². The zero-order valence-electron chi connectivity index (χ0n) is 7.22. The molecule has 1 unspecified atom stereocenters. The fourth-order valence-electron chi connectivity index (χ4n) is 1.19. The third-order valence-electron chi connectivity index (χ3n) is 1.90. The van der Waals surface area contributed by atoms with Crippen LogP contribution in [0.5, 0.6) is 0 Å². The molecule has 0 aliphatic rings. The van der Waals surface area contributed by atoms with E-state index in [9.17, 15) is 5.11 Å². The van der Waals surface area contributed by atoms with Crippen molar-refractivity contribution in [2.24, 2.45) is 0 Å². The summed E-state index contributed by atoms with van der Waals surface area (Å²) in [6.07, 6.45) is 3.72. The Morgan fingerprint density at radius 2 is 2.29 bits per heavy atom. The highest BCUT2D eigenvalue weighted by molar-refractivity contribution is 6.31. The summed E-state index contributed by atoms with van der Waals surface area (Å²) in [4.78, 5) is 4.01. The fourth-order valence-corrected chi connectivity index (χ4v) is 1.41. The SMILES string of the molecule is OC(c1ccoc1)c1ncccc1Cl. The van der Waals surface area contributed by atoms with Gasteiger partial charge in [0.25, 0.3) is 0 Å². The second-order valence-electron chi connectivity index (χ2n) is 2.83. The van der Waals surface area contributed by atoms with Crippen LogP contribution in [0, 0.1) is 0 Å². The molecule has 0 spiro atoms. The first kappa shape index (κ1) is 9.24. The van der Waals surface area contributed by atoms with E-state index in [1.54, 1.807) is 24.4 Å². The monoisotopic (exact) mass is 209 g/mol. The van der Waals surface area contributed by atoms with Crippen LogP contribution in [0.25, 0.3) is 0 Å². The van der Waals surface area contributed by atoms with Gasteiger partial charge >= 0.3 is 0 Å². The molecule has 2 heterocycles. The number of furan rings is 1.